The number of hydrogen-bond donors (Lipinski definition) is 3. The van der Waals surface area contributed by atoms with E-state index in [1.165, 1.54) is 0 Å². The number of rotatable bonds is 0. The minimum absolute atomic E-state index is 0.288. The Morgan fingerprint density at radius 2 is 2.15 bits per heavy atom. The summed E-state index contributed by atoms with van der Waals surface area (Å²) in [7, 11) is 0. The van der Waals surface area contributed by atoms with E-state index in [1.807, 2.05) is 12.1 Å². The molecule has 1 aromatic rings. The second kappa shape index (κ2) is 2.83. The summed E-state index contributed by atoms with van der Waals surface area (Å²) in [5, 5.41) is 18.3. The Labute approximate surface area is 76.1 Å². The first-order chi connectivity index (χ1) is 6.20. The van der Waals surface area contributed by atoms with E-state index in [-0.39, 0.29) is 6.54 Å². The second-order valence-electron chi connectivity index (χ2n) is 3.12. The lowest BCUT2D eigenvalue weighted by Crippen LogP contribution is -2.46. The summed E-state index contributed by atoms with van der Waals surface area (Å²) >= 11 is 0. The normalized spacial score (nSPS) is 21.5. The summed E-state index contributed by atoms with van der Waals surface area (Å²) in [6.07, 6.45) is 0. The highest BCUT2D eigenvalue weighted by Gasteiger charge is 2.24. The van der Waals surface area contributed by atoms with Gasteiger partial charge in [0, 0.05) is 5.56 Å². The van der Waals surface area contributed by atoms with Crippen molar-refractivity contribution >= 4 is 11.4 Å². The minimum atomic E-state index is -0.403. The lowest BCUT2D eigenvalue weighted by atomic mass is 9.98. The Morgan fingerprint density at radius 3 is 2.92 bits per heavy atom. The lowest BCUT2D eigenvalue weighted by molar-refractivity contribution is 0.250. The van der Waals surface area contributed by atoms with Gasteiger partial charge < -0.3 is 11.1 Å². The van der Waals surface area contributed by atoms with Crippen molar-refractivity contribution in [3.63, 3.8) is 0 Å². The highest BCUT2D eigenvalue weighted by Crippen LogP contribution is 2.24. The molecule has 1 aliphatic heterocycles. The van der Waals surface area contributed by atoms with Gasteiger partial charge in [-0.15, -0.1) is 0 Å². The molecule has 4 heteroatoms. The minimum Gasteiger partial charge on any atom is -0.321 e. The smallest absolute Gasteiger partial charge is 0.0725 e. The summed E-state index contributed by atoms with van der Waals surface area (Å²) in [4.78, 5) is 0. The van der Waals surface area contributed by atoms with E-state index >= 15 is 0 Å². The van der Waals surface area contributed by atoms with Gasteiger partial charge in [0.2, 0.25) is 0 Å². The van der Waals surface area contributed by atoms with Gasteiger partial charge in [-0.25, -0.2) is 0 Å². The number of nitrogens with one attached hydrogen (secondary N) is 1. The molecular weight excluding hydrogens is 166 g/mol. The van der Waals surface area contributed by atoms with Gasteiger partial charge in [0.25, 0.3) is 0 Å². The quantitative estimate of drug-likeness (QED) is 0.543. The topological polar surface area (TPSA) is 73.3 Å². The van der Waals surface area contributed by atoms with Crippen molar-refractivity contribution in [2.75, 3.05) is 11.6 Å². The summed E-state index contributed by atoms with van der Waals surface area (Å²) in [6, 6.07) is 6.82. The van der Waals surface area contributed by atoms with Crippen LogP contribution in [-0.2, 0) is 0 Å². The molecule has 0 saturated carbocycles. The van der Waals surface area contributed by atoms with Gasteiger partial charge in [-0.05, 0) is 6.07 Å². The van der Waals surface area contributed by atoms with Crippen LogP contribution in [0, 0.1) is 5.41 Å². The van der Waals surface area contributed by atoms with Crippen molar-refractivity contribution in [1.82, 2.24) is 0 Å². The van der Waals surface area contributed by atoms with Crippen molar-refractivity contribution in [2.24, 2.45) is 5.73 Å². The van der Waals surface area contributed by atoms with Crippen LogP contribution in [0.15, 0.2) is 24.3 Å². The number of nitrogens with two attached hydrogens (primary N) is 1. The zero-order valence-corrected chi connectivity index (χ0v) is 7.07. The molecule has 1 unspecified atom stereocenters. The maximum atomic E-state index is 9.51. The van der Waals surface area contributed by atoms with Gasteiger partial charge >= 0.3 is 0 Å². The second-order valence-corrected chi connectivity index (χ2v) is 3.12. The number of para-hydroxylation sites is 1. The Hall–Kier alpha value is -1.39. The van der Waals surface area contributed by atoms with E-state index in [2.05, 4.69) is 0 Å². The molecule has 1 atom stereocenters. The predicted molar refractivity (Wildman–Crippen MR) is 50.4 cm³/mol. The average molecular weight is 177 g/mol. The number of anilines is 1. The highest BCUT2D eigenvalue weighted by molar-refractivity contribution is 6.08. The van der Waals surface area contributed by atoms with Gasteiger partial charge in [0.15, 0.2) is 0 Å². The number of hydrogen-bond acceptors (Lipinski definition) is 4. The van der Waals surface area contributed by atoms with E-state index in [0.29, 0.717) is 17.0 Å². The Bertz CT molecular complexity index is 350. The van der Waals surface area contributed by atoms with E-state index < -0.39 is 6.04 Å². The molecule has 1 aromatic carbocycles. The van der Waals surface area contributed by atoms with Crippen molar-refractivity contribution < 1.29 is 5.21 Å². The fraction of sp³-hybridized carbons (Fsp3) is 0.222. The van der Waals surface area contributed by atoms with Gasteiger partial charge in [-0.3, -0.25) is 10.3 Å². The van der Waals surface area contributed by atoms with E-state index in [0.717, 1.165) is 5.06 Å². The van der Waals surface area contributed by atoms with Crippen molar-refractivity contribution in [3.8, 4) is 0 Å². The zero-order valence-electron chi connectivity index (χ0n) is 7.07. The van der Waals surface area contributed by atoms with Gasteiger partial charge in [-0.1, -0.05) is 18.2 Å². The van der Waals surface area contributed by atoms with Crippen LogP contribution in [0.2, 0.25) is 0 Å². The Kier molecular flexibility index (Phi) is 1.79. The molecule has 0 spiro atoms. The molecule has 68 valence electrons. The molecule has 0 bridgehead atoms. The third-order valence-electron chi connectivity index (χ3n) is 2.21. The molecule has 0 amide bonds. The summed E-state index contributed by atoms with van der Waals surface area (Å²) in [5.41, 5.74) is 7.42. The average Bonchev–Trinajstić information content (AvgIpc) is 2.15. The first kappa shape index (κ1) is 8.22. The van der Waals surface area contributed by atoms with Crippen LogP contribution in [0.5, 0.6) is 0 Å². The number of fused-ring (bicyclic) bond motifs is 1. The molecule has 13 heavy (non-hydrogen) atoms. The molecule has 0 radical (unpaired) electrons. The van der Waals surface area contributed by atoms with Crippen molar-refractivity contribution in [2.45, 2.75) is 6.04 Å². The van der Waals surface area contributed by atoms with E-state index in [9.17, 15) is 5.21 Å². The Balaban J connectivity index is 2.54. The van der Waals surface area contributed by atoms with Crippen LogP contribution in [0.25, 0.3) is 0 Å². The first-order valence-corrected chi connectivity index (χ1v) is 4.10. The van der Waals surface area contributed by atoms with Crippen LogP contribution in [0.3, 0.4) is 0 Å². The van der Waals surface area contributed by atoms with Gasteiger partial charge in [0.05, 0.1) is 24.0 Å². The van der Waals surface area contributed by atoms with Crippen molar-refractivity contribution in [1.29, 1.82) is 5.41 Å². The molecule has 4 nitrogen and oxygen atoms in total. The van der Waals surface area contributed by atoms with Crippen molar-refractivity contribution in [3.05, 3.63) is 29.8 Å². The summed E-state index contributed by atoms with van der Waals surface area (Å²) in [5.74, 6) is 0. The lowest BCUT2D eigenvalue weighted by Gasteiger charge is -2.29. The fourth-order valence-corrected chi connectivity index (χ4v) is 1.50. The first-order valence-electron chi connectivity index (χ1n) is 4.10. The number of benzene rings is 1. The SMILES string of the molecule is N=C1c2ccccc2N(O)CC1N. The monoisotopic (exact) mass is 177 g/mol. The Morgan fingerprint density at radius 1 is 1.46 bits per heavy atom. The number of nitrogens with zero attached hydrogens (tertiary/aromatic N) is 1. The predicted octanol–water partition coefficient (Wildman–Crippen LogP) is 0.591. The molecule has 2 rings (SSSR count). The van der Waals surface area contributed by atoms with Crippen LogP contribution in [-0.4, -0.2) is 23.5 Å². The molecule has 1 heterocycles. The molecule has 0 aromatic heterocycles. The van der Waals surface area contributed by atoms with Gasteiger partial charge in [-0.2, -0.15) is 0 Å². The largest absolute Gasteiger partial charge is 0.321 e. The third-order valence-corrected chi connectivity index (χ3v) is 2.21. The molecule has 1 aliphatic rings. The zero-order chi connectivity index (χ0) is 9.42. The maximum absolute atomic E-state index is 9.51. The number of hydroxylamine groups is 1. The highest BCUT2D eigenvalue weighted by atomic mass is 16.5. The standard InChI is InChI=1S/C9H11N3O/c10-7-5-12(13)8-4-2-1-3-6(8)9(7)11/h1-4,7,11,13H,5,10H2. The third kappa shape index (κ3) is 1.20. The summed E-state index contributed by atoms with van der Waals surface area (Å²) < 4.78 is 0. The van der Waals surface area contributed by atoms with Crippen LogP contribution >= 0.6 is 0 Å². The molecular formula is C9H11N3O. The van der Waals surface area contributed by atoms with E-state index in [4.69, 9.17) is 11.1 Å². The van der Waals surface area contributed by atoms with Crippen LogP contribution in [0.1, 0.15) is 5.56 Å². The molecule has 0 aliphatic carbocycles. The van der Waals surface area contributed by atoms with Gasteiger partial charge in [0.1, 0.15) is 0 Å². The molecule has 0 saturated heterocycles. The van der Waals surface area contributed by atoms with Crippen LogP contribution < -0.4 is 10.8 Å². The van der Waals surface area contributed by atoms with E-state index in [1.54, 1.807) is 12.1 Å². The van der Waals surface area contributed by atoms with Crippen LogP contribution in [0.4, 0.5) is 5.69 Å². The maximum Gasteiger partial charge on any atom is 0.0725 e. The molecule has 0 fully saturated rings. The molecule has 4 N–H and O–H groups in total. The fourth-order valence-electron chi connectivity index (χ4n) is 1.50. The summed E-state index contributed by atoms with van der Waals surface area (Å²) in [6.45, 7) is 0.288.